The monoisotopic (exact) mass is 537 g/mol. The van der Waals surface area contributed by atoms with Crippen LogP contribution < -0.4 is 0 Å². The molecule has 2 atom stereocenters. The van der Waals surface area contributed by atoms with Gasteiger partial charge in [0.2, 0.25) is 6.41 Å². The maximum Gasteiger partial charge on any atom is 0.435 e. The first kappa shape index (κ1) is 26.6. The molecule has 0 bridgehead atoms. The molecule has 0 radical (unpaired) electrons. The van der Waals surface area contributed by atoms with E-state index in [2.05, 4.69) is 5.16 Å². The van der Waals surface area contributed by atoms with Crippen molar-refractivity contribution in [2.75, 3.05) is 13.2 Å². The predicted octanol–water partition coefficient (Wildman–Crippen LogP) is 4.30. The van der Waals surface area contributed by atoms with Crippen molar-refractivity contribution >= 4 is 35.5 Å². The van der Waals surface area contributed by atoms with Crippen LogP contribution in [-0.4, -0.2) is 59.3 Å². The normalized spacial score (nSPS) is 21.6. The van der Waals surface area contributed by atoms with Crippen LogP contribution in [0.3, 0.4) is 0 Å². The molecule has 4 rings (SSSR count). The number of hydrogen-bond acceptors (Lipinski definition) is 6. The van der Waals surface area contributed by atoms with E-state index in [0.29, 0.717) is 16.7 Å². The third-order valence-electron chi connectivity index (χ3n) is 6.37. The van der Waals surface area contributed by atoms with Crippen molar-refractivity contribution in [2.24, 2.45) is 5.16 Å². The molecule has 0 aromatic heterocycles. The number of hydrogen-bond donors (Lipinski definition) is 0. The average molecular weight is 538 g/mol. The fourth-order valence-electron chi connectivity index (χ4n) is 4.42. The van der Waals surface area contributed by atoms with Crippen LogP contribution in [0.15, 0.2) is 41.6 Å². The third kappa shape index (κ3) is 4.69. The van der Waals surface area contributed by atoms with Crippen molar-refractivity contribution in [3.63, 3.8) is 0 Å². The second kappa shape index (κ2) is 9.79. The number of halogens is 4. The second-order valence-electron chi connectivity index (χ2n) is 8.84. The largest absolute Gasteiger partial charge is 0.435 e. The number of oxime groups is 1. The molecule has 37 heavy (non-hydrogen) atoms. The molecule has 2 heterocycles. The number of amides is 3. The van der Waals surface area contributed by atoms with E-state index in [9.17, 15) is 27.6 Å². The Balaban J connectivity index is 1.61. The lowest BCUT2D eigenvalue weighted by Gasteiger charge is -2.30. The molecule has 0 saturated carbocycles. The summed E-state index contributed by atoms with van der Waals surface area (Å²) in [5.41, 5.74) is -1.53. The van der Waals surface area contributed by atoms with Gasteiger partial charge in [-0.2, -0.15) is 13.2 Å². The summed E-state index contributed by atoms with van der Waals surface area (Å²) in [6.45, 7) is 4.97. The Morgan fingerprint density at radius 2 is 2.00 bits per heavy atom. The van der Waals surface area contributed by atoms with Crippen LogP contribution in [0.2, 0.25) is 5.02 Å². The smallest absolute Gasteiger partial charge is 0.374 e. The van der Waals surface area contributed by atoms with Crippen LogP contribution in [-0.2, 0) is 24.9 Å². The van der Waals surface area contributed by atoms with Crippen molar-refractivity contribution in [1.82, 2.24) is 9.96 Å². The lowest BCUT2D eigenvalue weighted by atomic mass is 9.85. The number of alkyl halides is 3. The number of carbonyl (C=O) groups excluding carboxylic acids is 3. The summed E-state index contributed by atoms with van der Waals surface area (Å²) in [7, 11) is 0. The molecule has 1 fully saturated rings. The van der Waals surface area contributed by atoms with Gasteiger partial charge in [-0.25, -0.2) is 5.06 Å². The highest BCUT2D eigenvalue weighted by atomic mass is 35.5. The van der Waals surface area contributed by atoms with E-state index >= 15 is 0 Å². The number of aryl methyl sites for hydroxylation is 2. The summed E-state index contributed by atoms with van der Waals surface area (Å²) >= 11 is 6.02. The summed E-state index contributed by atoms with van der Waals surface area (Å²) in [4.78, 5) is 48.2. The van der Waals surface area contributed by atoms with Crippen LogP contribution in [0.4, 0.5) is 13.2 Å². The molecule has 8 nitrogen and oxygen atoms in total. The van der Waals surface area contributed by atoms with Gasteiger partial charge in [-0.1, -0.05) is 28.9 Å². The second-order valence-corrected chi connectivity index (χ2v) is 9.28. The Kier molecular flexibility index (Phi) is 7.04. The summed E-state index contributed by atoms with van der Waals surface area (Å²) in [6, 6.07) is 7.28. The maximum absolute atomic E-state index is 14.3. The minimum absolute atomic E-state index is 0.0299. The van der Waals surface area contributed by atoms with Crippen LogP contribution in [0.25, 0.3) is 0 Å². The Morgan fingerprint density at radius 3 is 2.57 bits per heavy atom. The van der Waals surface area contributed by atoms with E-state index in [1.54, 1.807) is 26.8 Å². The molecule has 0 spiro atoms. The van der Waals surface area contributed by atoms with Gasteiger partial charge in [0, 0.05) is 29.1 Å². The number of benzene rings is 2. The van der Waals surface area contributed by atoms with Crippen molar-refractivity contribution in [3.05, 3.63) is 69.2 Å². The zero-order chi connectivity index (χ0) is 27.1. The lowest BCUT2D eigenvalue weighted by molar-refractivity contribution is -0.275. The minimum Gasteiger partial charge on any atom is -0.374 e. The third-order valence-corrected chi connectivity index (χ3v) is 6.59. The zero-order valence-electron chi connectivity index (χ0n) is 20.1. The van der Waals surface area contributed by atoms with E-state index in [1.165, 1.54) is 30.3 Å². The summed E-state index contributed by atoms with van der Waals surface area (Å²) in [5, 5.41) is 4.96. The van der Waals surface area contributed by atoms with E-state index in [-0.39, 0.29) is 41.4 Å². The van der Waals surface area contributed by atoms with Crippen molar-refractivity contribution < 1.29 is 37.2 Å². The highest BCUT2D eigenvalue weighted by Crippen LogP contribution is 2.49. The molecule has 2 aliphatic heterocycles. The predicted molar refractivity (Wildman–Crippen MR) is 127 cm³/mol. The Bertz CT molecular complexity index is 1280. The van der Waals surface area contributed by atoms with Crippen LogP contribution in [0, 0.1) is 13.8 Å². The van der Waals surface area contributed by atoms with Crippen molar-refractivity contribution in [1.29, 1.82) is 0 Å². The SMILES string of the molecule is CCN1OCC(N(C=O)C(=O)c2ccc(C3=NOC(c4cc(C)cc(Cl)c4)(C(F)(F)F)C3)cc2C)C1=O. The minimum atomic E-state index is -4.80. The number of carbonyl (C=O) groups is 3. The van der Waals surface area contributed by atoms with Crippen LogP contribution in [0.1, 0.15) is 46.0 Å². The molecule has 2 aromatic rings. The topological polar surface area (TPSA) is 88.5 Å². The van der Waals surface area contributed by atoms with Gasteiger partial charge >= 0.3 is 6.18 Å². The Hall–Kier alpha value is -3.44. The molecule has 0 N–H and O–H groups in total. The number of nitrogens with zero attached hydrogens (tertiary/aromatic N) is 3. The summed E-state index contributed by atoms with van der Waals surface area (Å²) < 4.78 is 42.9. The van der Waals surface area contributed by atoms with E-state index in [1.807, 2.05) is 0 Å². The molecule has 12 heteroatoms. The van der Waals surface area contributed by atoms with Gasteiger partial charge in [-0.3, -0.25) is 24.1 Å². The highest BCUT2D eigenvalue weighted by molar-refractivity contribution is 6.30. The Labute approximate surface area is 215 Å². The summed E-state index contributed by atoms with van der Waals surface area (Å²) in [5.74, 6) is -1.25. The number of imide groups is 1. The van der Waals surface area contributed by atoms with Gasteiger partial charge < -0.3 is 4.84 Å². The van der Waals surface area contributed by atoms with Gasteiger partial charge in [0.15, 0.2) is 0 Å². The first-order valence-electron chi connectivity index (χ1n) is 11.3. The Morgan fingerprint density at radius 1 is 1.27 bits per heavy atom. The molecule has 2 unspecified atom stereocenters. The maximum atomic E-state index is 14.3. The first-order valence-corrected chi connectivity index (χ1v) is 11.7. The zero-order valence-corrected chi connectivity index (χ0v) is 20.9. The molecule has 0 aliphatic carbocycles. The fourth-order valence-corrected chi connectivity index (χ4v) is 4.71. The number of likely N-dealkylation sites (N-methyl/N-ethyl adjacent to an activating group) is 1. The van der Waals surface area contributed by atoms with Gasteiger partial charge in [0.1, 0.15) is 12.6 Å². The number of hydroxylamine groups is 2. The van der Waals surface area contributed by atoms with Gasteiger partial charge in [0.25, 0.3) is 17.4 Å². The van der Waals surface area contributed by atoms with Crippen molar-refractivity contribution in [3.8, 4) is 0 Å². The first-order chi connectivity index (χ1) is 17.4. The average Bonchev–Trinajstić information content (AvgIpc) is 3.44. The van der Waals surface area contributed by atoms with Crippen molar-refractivity contribution in [2.45, 2.75) is 45.0 Å². The van der Waals surface area contributed by atoms with Gasteiger partial charge in [-0.05, 0) is 61.7 Å². The number of rotatable bonds is 6. The standard InChI is InChI=1S/C25H23ClF3N3O5/c1-4-32-23(35)21(12-36-32)31(13-33)22(34)19-6-5-16(9-15(19)3)20-11-24(37-30-20,25(27,28)29)17-7-14(2)8-18(26)10-17/h5-10,13,21H,4,11-12H2,1-3H3. The van der Waals surface area contributed by atoms with E-state index in [4.69, 9.17) is 21.3 Å². The molecule has 2 aliphatic rings. The molecular formula is C25H23ClF3N3O5. The highest BCUT2D eigenvalue weighted by Gasteiger charge is 2.62. The van der Waals surface area contributed by atoms with Crippen LogP contribution >= 0.6 is 11.6 Å². The van der Waals surface area contributed by atoms with E-state index in [0.717, 1.165) is 9.96 Å². The fraction of sp³-hybridized carbons (Fsp3) is 0.360. The molecule has 196 valence electrons. The summed E-state index contributed by atoms with van der Waals surface area (Å²) in [6.07, 6.45) is -5.14. The quantitative estimate of drug-likeness (QED) is 0.513. The molecule has 3 amide bonds. The molecular weight excluding hydrogens is 515 g/mol. The van der Waals surface area contributed by atoms with E-state index < -0.39 is 36.1 Å². The van der Waals surface area contributed by atoms with Gasteiger partial charge in [-0.15, -0.1) is 0 Å². The van der Waals surface area contributed by atoms with Gasteiger partial charge in [0.05, 0.1) is 5.71 Å². The molecule has 2 aromatic carbocycles. The van der Waals surface area contributed by atoms with Crippen LogP contribution in [0.5, 0.6) is 0 Å². The lowest BCUT2D eigenvalue weighted by Crippen LogP contribution is -2.45. The molecule has 1 saturated heterocycles.